The number of carbonyl (C=O) groups is 3. The van der Waals surface area contributed by atoms with Crippen LogP contribution in [-0.4, -0.2) is 57.8 Å². The van der Waals surface area contributed by atoms with E-state index in [2.05, 4.69) is 4.84 Å². The number of hydrogen-bond donors (Lipinski definition) is 1. The van der Waals surface area contributed by atoms with Crippen molar-refractivity contribution in [1.82, 2.24) is 0 Å². The first kappa shape index (κ1) is 36.6. The molecule has 0 radical (unpaired) electrons. The first-order valence-electron chi connectivity index (χ1n) is 14.7. The highest BCUT2D eigenvalue weighted by molar-refractivity contribution is 7.84. The van der Waals surface area contributed by atoms with Crippen LogP contribution in [0.1, 0.15) is 48.4 Å². The Hall–Kier alpha value is -5.28. The number of carbonyl (C=O) groups excluding carboxylic acids is 3. The van der Waals surface area contributed by atoms with Crippen LogP contribution in [0.5, 0.6) is 5.75 Å². The molecule has 0 spiro atoms. The molecule has 0 saturated carbocycles. The van der Waals surface area contributed by atoms with Crippen molar-refractivity contribution in [2.75, 3.05) is 19.5 Å². The molecule has 1 aliphatic rings. The first-order chi connectivity index (χ1) is 23.3. The van der Waals surface area contributed by atoms with Crippen LogP contribution in [0.3, 0.4) is 0 Å². The minimum absolute atomic E-state index is 0.0361. The lowest BCUT2D eigenvalue weighted by atomic mass is 10.0. The van der Waals surface area contributed by atoms with Crippen molar-refractivity contribution in [3.8, 4) is 5.75 Å². The van der Waals surface area contributed by atoms with Crippen molar-refractivity contribution < 1.29 is 47.1 Å². The molecule has 12 nitrogen and oxygen atoms in total. The summed E-state index contributed by atoms with van der Waals surface area (Å²) in [5.74, 6) is -3.22. The van der Waals surface area contributed by atoms with Crippen molar-refractivity contribution in [2.45, 2.75) is 37.2 Å². The molecule has 1 aliphatic carbocycles. The summed E-state index contributed by atoms with van der Waals surface area (Å²) in [6.07, 6.45) is 1.07. The van der Waals surface area contributed by atoms with Gasteiger partial charge in [-0.1, -0.05) is 30.4 Å². The second kappa shape index (κ2) is 16.7. The summed E-state index contributed by atoms with van der Waals surface area (Å²) in [6, 6.07) is 17.2. The van der Waals surface area contributed by atoms with E-state index in [-0.39, 0.29) is 36.6 Å². The highest BCUT2D eigenvalue weighted by atomic mass is 32.2. The Morgan fingerprint density at radius 1 is 1.04 bits per heavy atom. The first-order valence-corrected chi connectivity index (χ1v) is 16.7. The normalized spacial score (nSPS) is 14.1. The summed E-state index contributed by atoms with van der Waals surface area (Å²) in [4.78, 5) is 54.0. The second-order valence-corrected chi connectivity index (χ2v) is 12.5. The van der Waals surface area contributed by atoms with Crippen molar-refractivity contribution in [3.63, 3.8) is 0 Å². The summed E-state index contributed by atoms with van der Waals surface area (Å²) in [6.45, 7) is 0.717. The van der Waals surface area contributed by atoms with E-state index in [0.717, 1.165) is 11.1 Å². The van der Waals surface area contributed by atoms with Crippen LogP contribution in [0.25, 0.3) is 17.2 Å². The molecule has 2 unspecified atom stereocenters. The van der Waals surface area contributed by atoms with Crippen molar-refractivity contribution >= 4 is 63.1 Å². The average molecular weight is 711 g/mol. The highest BCUT2D eigenvalue weighted by Crippen LogP contribution is 2.44. The number of halogens is 1. The summed E-state index contributed by atoms with van der Waals surface area (Å²) >= 11 is 4.93. The Kier molecular flexibility index (Phi) is 12.5. The number of ether oxygens (including phenoxy) is 3. The lowest BCUT2D eigenvalue weighted by Crippen LogP contribution is -2.36. The molecular formula is C34H31FN2O10S2. The van der Waals surface area contributed by atoms with Crippen LogP contribution >= 0.6 is 12.2 Å². The van der Waals surface area contributed by atoms with Crippen molar-refractivity contribution in [1.29, 1.82) is 0 Å². The van der Waals surface area contributed by atoms with Gasteiger partial charge in [-0.05, 0) is 101 Å². The van der Waals surface area contributed by atoms with Gasteiger partial charge < -0.3 is 24.8 Å². The maximum absolute atomic E-state index is 14.4. The molecule has 4 rings (SSSR count). The maximum Gasteiger partial charge on any atom is 0.356 e. The Morgan fingerprint density at radius 3 is 2.37 bits per heavy atom. The van der Waals surface area contributed by atoms with Gasteiger partial charge in [0.2, 0.25) is 6.10 Å². The van der Waals surface area contributed by atoms with Gasteiger partial charge in [-0.2, -0.15) is 0 Å². The highest BCUT2D eigenvalue weighted by Gasteiger charge is 2.31. The summed E-state index contributed by atoms with van der Waals surface area (Å²) in [5, 5.41) is 9.32. The standard InChI is InChI=1S/C34H31FN2O10S2/c1-20-27(16-21-5-12-25(13-6-21)49(2)43)26-14-9-23(35)17-29(26)28(20)18-32(39)47-30(19-44-31(38)4-3-15-45-37(41)42)34(40)46-24-10-7-22(8-11-24)33(36)48/h5-14,16-17,30H,3-4,15,18-19H2,1-2H3,(H2,36,48). The van der Waals surface area contributed by atoms with Gasteiger partial charge >= 0.3 is 17.9 Å². The molecule has 0 aliphatic heterocycles. The molecule has 3 aromatic rings. The van der Waals surface area contributed by atoms with Gasteiger partial charge in [0, 0.05) is 33.9 Å². The summed E-state index contributed by atoms with van der Waals surface area (Å²) in [5.41, 5.74) is 9.92. The Labute approximate surface area is 288 Å². The molecule has 0 amide bonds. The van der Waals surface area contributed by atoms with Crippen molar-refractivity contribution in [3.05, 3.63) is 110 Å². The SMILES string of the molecule is CC1=C(CC(=O)OC(COC(=O)CCCO[N+](=O)[O-])C(=O)Oc2ccc(C(N)=S)cc2)c2cc(F)ccc2C1=Cc1ccc(S(C)=O)cc1. The lowest BCUT2D eigenvalue weighted by Gasteiger charge is -2.18. The van der Waals surface area contributed by atoms with Crippen LogP contribution in [0, 0.1) is 15.9 Å². The second-order valence-electron chi connectivity index (χ2n) is 10.7. The number of thiocarbonyl (C=S) groups is 1. The topological polar surface area (TPSA) is 174 Å². The molecule has 0 heterocycles. The van der Waals surface area contributed by atoms with Gasteiger partial charge in [-0.25, -0.2) is 9.18 Å². The zero-order valence-corrected chi connectivity index (χ0v) is 28.0. The van der Waals surface area contributed by atoms with Gasteiger partial charge in [0.15, 0.2) is 0 Å². The Morgan fingerprint density at radius 2 is 1.73 bits per heavy atom. The molecule has 3 aromatic carbocycles. The minimum atomic E-state index is -1.70. The minimum Gasteiger partial charge on any atom is -0.461 e. The number of nitrogens with zero attached hydrogens (tertiary/aromatic N) is 1. The molecule has 256 valence electrons. The quantitative estimate of drug-likeness (QED) is 0.0561. The van der Waals surface area contributed by atoms with Crippen LogP contribution in [0.15, 0.2) is 77.2 Å². The van der Waals surface area contributed by atoms with Crippen LogP contribution in [0.4, 0.5) is 4.39 Å². The van der Waals surface area contributed by atoms with Gasteiger partial charge in [0.25, 0.3) is 5.09 Å². The van der Waals surface area contributed by atoms with Gasteiger partial charge in [-0.3, -0.25) is 13.8 Å². The van der Waals surface area contributed by atoms with E-state index >= 15 is 0 Å². The van der Waals surface area contributed by atoms with Crippen LogP contribution < -0.4 is 10.5 Å². The molecule has 15 heteroatoms. The molecular weight excluding hydrogens is 680 g/mol. The molecule has 0 fully saturated rings. The molecule has 49 heavy (non-hydrogen) atoms. The van der Waals surface area contributed by atoms with E-state index in [1.165, 1.54) is 36.4 Å². The van der Waals surface area contributed by atoms with E-state index in [1.54, 1.807) is 43.5 Å². The van der Waals surface area contributed by atoms with E-state index < -0.39 is 52.3 Å². The van der Waals surface area contributed by atoms with Gasteiger partial charge in [0.1, 0.15) is 23.2 Å². The molecule has 0 bridgehead atoms. The number of hydrogen-bond acceptors (Lipinski definition) is 11. The van der Waals surface area contributed by atoms with Crippen molar-refractivity contribution in [2.24, 2.45) is 5.73 Å². The Balaban J connectivity index is 1.54. The fraction of sp³-hybridized carbons (Fsp3) is 0.235. The monoisotopic (exact) mass is 710 g/mol. The molecule has 2 N–H and O–H groups in total. The zero-order valence-electron chi connectivity index (χ0n) is 26.3. The largest absolute Gasteiger partial charge is 0.461 e. The summed E-state index contributed by atoms with van der Waals surface area (Å²) in [7, 11) is -1.15. The third-order valence-electron chi connectivity index (χ3n) is 7.31. The van der Waals surface area contributed by atoms with E-state index in [4.69, 9.17) is 32.2 Å². The number of allylic oxidation sites excluding steroid dienone is 2. The zero-order chi connectivity index (χ0) is 35.7. The predicted octanol–water partition coefficient (Wildman–Crippen LogP) is 4.96. The Bertz CT molecular complexity index is 1860. The average Bonchev–Trinajstić information content (AvgIpc) is 3.30. The molecule has 0 aromatic heterocycles. The third kappa shape index (κ3) is 10.1. The number of nitrogens with two attached hydrogens (primary N) is 1. The number of benzene rings is 3. The maximum atomic E-state index is 14.4. The van der Waals surface area contributed by atoms with Gasteiger partial charge in [0.05, 0.1) is 13.0 Å². The number of rotatable bonds is 15. The van der Waals surface area contributed by atoms with Crippen LogP contribution in [0.2, 0.25) is 0 Å². The fourth-order valence-electron chi connectivity index (χ4n) is 4.86. The predicted molar refractivity (Wildman–Crippen MR) is 181 cm³/mol. The third-order valence-corrected chi connectivity index (χ3v) is 8.48. The van der Waals surface area contributed by atoms with E-state index in [9.17, 15) is 33.1 Å². The summed E-state index contributed by atoms with van der Waals surface area (Å²) < 4.78 is 42.2. The van der Waals surface area contributed by atoms with E-state index in [0.29, 0.717) is 32.7 Å². The number of esters is 3. The molecule has 2 atom stereocenters. The van der Waals surface area contributed by atoms with Crippen LogP contribution in [-0.2, 0) is 39.5 Å². The molecule has 0 saturated heterocycles. The number of fused-ring (bicyclic) bond motifs is 1. The van der Waals surface area contributed by atoms with E-state index in [1.807, 2.05) is 6.08 Å². The fourth-order valence-corrected chi connectivity index (χ4v) is 5.52. The van der Waals surface area contributed by atoms with Gasteiger partial charge in [-0.15, -0.1) is 10.1 Å². The lowest BCUT2D eigenvalue weighted by molar-refractivity contribution is -0.757. The smallest absolute Gasteiger partial charge is 0.356 e.